The second kappa shape index (κ2) is 6.39. The Morgan fingerprint density at radius 3 is 2.19 bits per heavy atom. The maximum atomic E-state index is 14.1. The molecule has 0 aliphatic rings. The predicted octanol–water partition coefficient (Wildman–Crippen LogP) is 2.88. The smallest absolute Gasteiger partial charge is 0.225 e. The molecule has 0 aliphatic carbocycles. The summed E-state index contributed by atoms with van der Waals surface area (Å²) in [5.41, 5.74) is -0.613. The first-order valence-electron chi connectivity index (χ1n) is 7.10. The van der Waals surface area contributed by atoms with Crippen molar-refractivity contribution < 1.29 is 30.4 Å². The van der Waals surface area contributed by atoms with Crippen LogP contribution in [0.4, 0.5) is 22.0 Å². The minimum Gasteiger partial charge on any atom is -0.225 e. The lowest BCUT2D eigenvalue weighted by atomic mass is 10.2. The topological polar surface area (TPSA) is 90.9 Å². The Morgan fingerprint density at radius 2 is 1.63 bits per heavy atom. The Balaban J connectivity index is 2.23. The molecule has 0 radical (unpaired) electrons. The van der Waals surface area contributed by atoms with Crippen LogP contribution in [0.15, 0.2) is 47.4 Å². The van der Waals surface area contributed by atoms with Crippen molar-refractivity contribution in [3.63, 3.8) is 0 Å². The van der Waals surface area contributed by atoms with Gasteiger partial charge in [-0.15, -0.1) is 5.10 Å². The first kappa shape index (κ1) is 18.9. The molecule has 2 aromatic carbocycles. The van der Waals surface area contributed by atoms with Crippen LogP contribution in [0.3, 0.4) is 0 Å². The molecule has 0 fully saturated rings. The number of nitrogens with zero attached hydrogens (tertiary/aromatic N) is 3. The van der Waals surface area contributed by atoms with Gasteiger partial charge in [0.05, 0.1) is 16.1 Å². The molecule has 1 aromatic heterocycles. The van der Waals surface area contributed by atoms with E-state index in [2.05, 4.69) is 10.1 Å². The normalized spacial score (nSPS) is 12.4. The minimum atomic E-state index is -4.94. The van der Waals surface area contributed by atoms with Crippen LogP contribution < -0.4 is 5.14 Å². The van der Waals surface area contributed by atoms with Crippen LogP contribution in [0, 0.1) is 11.6 Å². The van der Waals surface area contributed by atoms with Gasteiger partial charge in [-0.1, -0.05) is 0 Å². The molecule has 0 amide bonds. The standard InChI is InChI=1S/C15H9F5N4O2S/c16-8-1-6-12(17)11(7-8)13-22-14(15(18,19)20)23-24(13)9-2-4-10(5-3-9)27(21,25)26/h1-7H,(H2,21,25,26). The van der Waals surface area contributed by atoms with Crippen molar-refractivity contribution in [2.75, 3.05) is 0 Å². The van der Waals surface area contributed by atoms with E-state index in [1.54, 1.807) is 0 Å². The van der Waals surface area contributed by atoms with Crippen molar-refractivity contribution in [1.29, 1.82) is 0 Å². The molecule has 142 valence electrons. The van der Waals surface area contributed by atoms with E-state index in [0.29, 0.717) is 10.7 Å². The maximum absolute atomic E-state index is 14.1. The quantitative estimate of drug-likeness (QED) is 0.680. The SMILES string of the molecule is NS(=O)(=O)c1ccc(-n2nc(C(F)(F)F)nc2-c2cc(F)ccc2F)cc1. The van der Waals surface area contributed by atoms with E-state index in [0.717, 1.165) is 36.4 Å². The second-order valence-corrected chi connectivity index (χ2v) is 6.89. The van der Waals surface area contributed by atoms with Gasteiger partial charge in [0.25, 0.3) is 5.82 Å². The minimum absolute atomic E-state index is 0.0657. The van der Waals surface area contributed by atoms with Crippen molar-refractivity contribution in [3.8, 4) is 17.1 Å². The number of nitrogens with two attached hydrogens (primary N) is 1. The molecule has 0 unspecified atom stereocenters. The van der Waals surface area contributed by atoms with E-state index < -0.39 is 45.0 Å². The molecule has 2 N–H and O–H groups in total. The fourth-order valence-electron chi connectivity index (χ4n) is 2.23. The molecule has 12 heteroatoms. The Kier molecular flexibility index (Phi) is 4.48. The molecule has 0 bridgehead atoms. The zero-order valence-electron chi connectivity index (χ0n) is 13.1. The highest BCUT2D eigenvalue weighted by Crippen LogP contribution is 2.31. The average Bonchev–Trinajstić information content (AvgIpc) is 3.02. The molecule has 3 rings (SSSR count). The van der Waals surface area contributed by atoms with Gasteiger partial charge in [0.2, 0.25) is 10.0 Å². The fourth-order valence-corrected chi connectivity index (χ4v) is 2.75. The third-order valence-corrected chi connectivity index (χ3v) is 4.37. The van der Waals surface area contributed by atoms with Crippen molar-refractivity contribution in [2.45, 2.75) is 11.1 Å². The molecule has 0 saturated carbocycles. The second-order valence-electron chi connectivity index (χ2n) is 5.33. The van der Waals surface area contributed by atoms with Crippen LogP contribution in [0.25, 0.3) is 17.1 Å². The number of benzene rings is 2. The van der Waals surface area contributed by atoms with E-state index in [4.69, 9.17) is 5.14 Å². The summed E-state index contributed by atoms with van der Waals surface area (Å²) >= 11 is 0. The molecule has 27 heavy (non-hydrogen) atoms. The molecule has 6 nitrogen and oxygen atoms in total. The third kappa shape index (κ3) is 3.80. The number of rotatable bonds is 3. The average molecular weight is 404 g/mol. The molecular formula is C15H9F5N4O2S. The van der Waals surface area contributed by atoms with Crippen molar-refractivity contribution >= 4 is 10.0 Å². The van der Waals surface area contributed by atoms with E-state index >= 15 is 0 Å². The Hall–Kier alpha value is -2.86. The van der Waals surface area contributed by atoms with Crippen molar-refractivity contribution in [3.05, 3.63) is 59.9 Å². The lowest BCUT2D eigenvalue weighted by Gasteiger charge is -2.08. The first-order chi connectivity index (χ1) is 12.5. The molecule has 0 atom stereocenters. The molecule has 0 aliphatic heterocycles. The Labute approximate surface area is 149 Å². The number of sulfonamides is 1. The summed E-state index contributed by atoms with van der Waals surface area (Å²) in [7, 11) is -4.03. The first-order valence-corrected chi connectivity index (χ1v) is 8.64. The van der Waals surface area contributed by atoms with Gasteiger partial charge in [0.1, 0.15) is 11.6 Å². The highest BCUT2D eigenvalue weighted by Gasteiger charge is 2.38. The lowest BCUT2D eigenvalue weighted by Crippen LogP contribution is -2.12. The van der Waals surface area contributed by atoms with Gasteiger partial charge in [-0.25, -0.2) is 32.0 Å². The maximum Gasteiger partial charge on any atom is 0.453 e. The Bertz CT molecular complexity index is 1110. The van der Waals surface area contributed by atoms with Crippen LogP contribution in [-0.4, -0.2) is 23.2 Å². The molecular weight excluding hydrogens is 395 g/mol. The largest absolute Gasteiger partial charge is 0.453 e. The van der Waals surface area contributed by atoms with Gasteiger partial charge in [-0.05, 0) is 42.5 Å². The number of primary sulfonamides is 1. The van der Waals surface area contributed by atoms with Crippen LogP contribution in [0.1, 0.15) is 5.82 Å². The van der Waals surface area contributed by atoms with Gasteiger partial charge < -0.3 is 0 Å². The summed E-state index contributed by atoms with van der Waals surface area (Å²) in [6, 6.07) is 6.49. The van der Waals surface area contributed by atoms with Crippen LogP contribution in [0.2, 0.25) is 0 Å². The summed E-state index contributed by atoms with van der Waals surface area (Å²) in [5, 5.41) is 8.26. The zero-order valence-corrected chi connectivity index (χ0v) is 13.9. The van der Waals surface area contributed by atoms with E-state index in [9.17, 15) is 30.4 Å². The monoisotopic (exact) mass is 404 g/mol. The number of aromatic nitrogens is 3. The van der Waals surface area contributed by atoms with Gasteiger partial charge in [-0.2, -0.15) is 13.2 Å². The summed E-state index contributed by atoms with van der Waals surface area (Å²) in [6.07, 6.45) is -4.94. The molecule has 3 aromatic rings. The van der Waals surface area contributed by atoms with Crippen molar-refractivity contribution in [2.24, 2.45) is 5.14 Å². The Morgan fingerprint density at radius 1 is 1.00 bits per heavy atom. The van der Waals surface area contributed by atoms with E-state index in [1.165, 1.54) is 0 Å². The molecule has 0 saturated heterocycles. The van der Waals surface area contributed by atoms with Gasteiger partial charge in [0, 0.05) is 0 Å². The number of hydrogen-bond donors (Lipinski definition) is 1. The predicted molar refractivity (Wildman–Crippen MR) is 83.1 cm³/mol. The zero-order chi connectivity index (χ0) is 20.0. The summed E-state index contributed by atoms with van der Waals surface area (Å²) in [4.78, 5) is 2.99. The molecule has 0 spiro atoms. The van der Waals surface area contributed by atoms with Gasteiger partial charge in [-0.3, -0.25) is 0 Å². The van der Waals surface area contributed by atoms with Gasteiger partial charge in [0.15, 0.2) is 5.82 Å². The fraction of sp³-hybridized carbons (Fsp3) is 0.0667. The highest BCUT2D eigenvalue weighted by atomic mass is 32.2. The highest BCUT2D eigenvalue weighted by molar-refractivity contribution is 7.89. The van der Waals surface area contributed by atoms with Crippen LogP contribution in [-0.2, 0) is 16.2 Å². The third-order valence-electron chi connectivity index (χ3n) is 3.44. The van der Waals surface area contributed by atoms with Gasteiger partial charge >= 0.3 is 6.18 Å². The summed E-state index contributed by atoms with van der Waals surface area (Å²) in [6.45, 7) is 0. The summed E-state index contributed by atoms with van der Waals surface area (Å²) in [5.74, 6) is -4.08. The number of hydrogen-bond acceptors (Lipinski definition) is 4. The van der Waals surface area contributed by atoms with E-state index in [-0.39, 0.29) is 10.6 Å². The lowest BCUT2D eigenvalue weighted by molar-refractivity contribution is -0.144. The number of alkyl halides is 3. The van der Waals surface area contributed by atoms with Crippen LogP contribution >= 0.6 is 0 Å². The number of halogens is 5. The van der Waals surface area contributed by atoms with E-state index in [1.807, 2.05) is 0 Å². The van der Waals surface area contributed by atoms with Crippen molar-refractivity contribution in [1.82, 2.24) is 14.8 Å². The summed E-state index contributed by atoms with van der Waals surface area (Å²) < 4.78 is 89.8. The van der Waals surface area contributed by atoms with Crippen LogP contribution in [0.5, 0.6) is 0 Å². The molecule has 1 heterocycles.